The quantitative estimate of drug-likeness (QED) is 0.204. The molecular formula is C5H12N6. The van der Waals surface area contributed by atoms with Crippen molar-refractivity contribution in [3.05, 3.63) is 22.8 Å². The van der Waals surface area contributed by atoms with Gasteiger partial charge in [-0.05, 0) is 0 Å². The van der Waals surface area contributed by atoms with Crippen LogP contribution < -0.4 is 34.4 Å². The minimum Gasteiger partial charge on any atom is -0.397 e. The van der Waals surface area contributed by atoms with Gasteiger partial charge in [0.15, 0.2) is 0 Å². The molecule has 0 saturated carbocycles. The first-order valence-electron chi connectivity index (χ1n) is 2.98. The van der Waals surface area contributed by atoms with Crippen molar-refractivity contribution in [1.29, 1.82) is 0 Å². The first-order chi connectivity index (χ1) is 4.89. The monoisotopic (exact) mass is 156 g/mol. The Morgan fingerprint density at radius 3 is 1.09 bits per heavy atom. The number of hydrogen-bond acceptors (Lipinski definition) is 6. The molecule has 0 aliphatic heterocycles. The minimum atomic E-state index is -1.38. The van der Waals surface area contributed by atoms with E-state index in [1.807, 2.05) is 0 Å². The lowest BCUT2D eigenvalue weighted by Gasteiger charge is -2.20. The van der Waals surface area contributed by atoms with Gasteiger partial charge < -0.3 is 34.4 Å². The van der Waals surface area contributed by atoms with Crippen molar-refractivity contribution in [2.75, 3.05) is 0 Å². The molecule has 6 heteroatoms. The molecular weight excluding hydrogens is 144 g/mol. The summed E-state index contributed by atoms with van der Waals surface area (Å²) in [6.45, 7) is 0. The van der Waals surface area contributed by atoms with Gasteiger partial charge in [0.2, 0.25) is 0 Å². The Labute approximate surface area is 63.9 Å². The maximum absolute atomic E-state index is 5.50. The van der Waals surface area contributed by atoms with Crippen LogP contribution in [0.4, 0.5) is 0 Å². The predicted molar refractivity (Wildman–Crippen MR) is 41.9 cm³/mol. The molecule has 0 aromatic carbocycles. The van der Waals surface area contributed by atoms with Crippen molar-refractivity contribution >= 4 is 0 Å². The second-order valence-electron chi connectivity index (χ2n) is 2.52. The normalized spacial score (nSPS) is 23.1. The Morgan fingerprint density at radius 1 is 0.727 bits per heavy atom. The Balaban J connectivity index is 3.27. The predicted octanol–water partition coefficient (Wildman–Crippen LogP) is -3.13. The summed E-state index contributed by atoms with van der Waals surface area (Å²) in [5, 5.41) is 0. The van der Waals surface area contributed by atoms with Crippen molar-refractivity contribution in [1.82, 2.24) is 0 Å². The fourth-order valence-corrected chi connectivity index (χ4v) is 0.881. The highest BCUT2D eigenvalue weighted by Crippen LogP contribution is 2.23. The van der Waals surface area contributed by atoms with Crippen molar-refractivity contribution in [3.63, 3.8) is 0 Å². The summed E-state index contributed by atoms with van der Waals surface area (Å²) in [5.74, 6) is 0. The third-order valence-corrected chi connectivity index (χ3v) is 1.76. The summed E-state index contributed by atoms with van der Waals surface area (Å²) >= 11 is 0. The molecule has 11 heavy (non-hydrogen) atoms. The second-order valence-corrected chi connectivity index (χ2v) is 2.52. The Bertz CT molecular complexity index is 234. The fraction of sp³-hybridized carbons (Fsp3) is 0.200. The smallest absolute Gasteiger partial charge is 0.150 e. The number of nitrogens with two attached hydrogens (primary N) is 6. The molecule has 0 fully saturated rings. The Morgan fingerprint density at radius 2 is 1.00 bits per heavy atom. The average Bonchev–Trinajstić information content (AvgIpc) is 2.06. The van der Waals surface area contributed by atoms with Gasteiger partial charge in [-0.2, -0.15) is 0 Å². The van der Waals surface area contributed by atoms with Crippen LogP contribution in [-0.2, 0) is 0 Å². The summed E-state index contributed by atoms with van der Waals surface area (Å²) in [7, 11) is 0. The van der Waals surface area contributed by atoms with Crippen molar-refractivity contribution < 1.29 is 0 Å². The minimum absolute atomic E-state index is 0.118. The molecule has 0 heterocycles. The van der Waals surface area contributed by atoms with Gasteiger partial charge in [-0.1, -0.05) is 0 Å². The second kappa shape index (κ2) is 1.80. The lowest BCUT2D eigenvalue weighted by atomic mass is 10.1. The maximum atomic E-state index is 5.50. The molecule has 0 amide bonds. The van der Waals surface area contributed by atoms with E-state index in [0.29, 0.717) is 0 Å². The zero-order valence-corrected chi connectivity index (χ0v) is 5.96. The molecule has 1 aliphatic rings. The van der Waals surface area contributed by atoms with Crippen LogP contribution in [0.15, 0.2) is 22.8 Å². The van der Waals surface area contributed by atoms with Crippen LogP contribution in [0.25, 0.3) is 0 Å². The fourth-order valence-electron chi connectivity index (χ4n) is 0.881. The van der Waals surface area contributed by atoms with Crippen LogP contribution in [0.5, 0.6) is 0 Å². The van der Waals surface area contributed by atoms with E-state index in [-0.39, 0.29) is 22.8 Å². The van der Waals surface area contributed by atoms with E-state index < -0.39 is 5.66 Å². The summed E-state index contributed by atoms with van der Waals surface area (Å²) < 4.78 is 0. The number of rotatable bonds is 0. The van der Waals surface area contributed by atoms with Gasteiger partial charge in [-0.15, -0.1) is 0 Å². The van der Waals surface area contributed by atoms with E-state index in [1.54, 1.807) is 0 Å². The molecule has 0 saturated heterocycles. The molecule has 0 spiro atoms. The largest absolute Gasteiger partial charge is 0.397 e. The lowest BCUT2D eigenvalue weighted by molar-refractivity contribution is 0.602. The summed E-state index contributed by atoms with van der Waals surface area (Å²) in [5.41, 5.74) is 31.9. The Kier molecular flexibility index (Phi) is 1.26. The van der Waals surface area contributed by atoms with Gasteiger partial charge in [0.05, 0.1) is 22.8 Å². The third-order valence-electron chi connectivity index (χ3n) is 1.76. The molecule has 0 radical (unpaired) electrons. The highest BCUT2D eigenvalue weighted by molar-refractivity contribution is 5.50. The van der Waals surface area contributed by atoms with Crippen LogP contribution in [0, 0.1) is 0 Å². The molecule has 62 valence electrons. The first-order valence-corrected chi connectivity index (χ1v) is 2.98. The standard InChI is InChI=1S/C5H12N6/c6-1-2(7)4(9)5(10,11)3(1)8/h6-11H2. The molecule has 1 aliphatic carbocycles. The van der Waals surface area contributed by atoms with Crippen molar-refractivity contribution in [2.24, 2.45) is 34.4 Å². The van der Waals surface area contributed by atoms with Crippen molar-refractivity contribution in [3.8, 4) is 0 Å². The van der Waals surface area contributed by atoms with E-state index >= 15 is 0 Å². The van der Waals surface area contributed by atoms with Gasteiger partial charge in [0, 0.05) is 0 Å². The molecule has 0 atom stereocenters. The van der Waals surface area contributed by atoms with E-state index in [1.165, 1.54) is 0 Å². The van der Waals surface area contributed by atoms with Crippen LogP contribution >= 0.6 is 0 Å². The summed E-state index contributed by atoms with van der Waals surface area (Å²) in [6, 6.07) is 0. The van der Waals surface area contributed by atoms with Gasteiger partial charge in [-0.25, -0.2) is 0 Å². The van der Waals surface area contributed by atoms with Crippen LogP contribution in [0.2, 0.25) is 0 Å². The molecule has 0 bridgehead atoms. The lowest BCUT2D eigenvalue weighted by Crippen LogP contribution is -2.56. The highest BCUT2D eigenvalue weighted by Gasteiger charge is 2.36. The van der Waals surface area contributed by atoms with Crippen LogP contribution in [0.1, 0.15) is 0 Å². The average molecular weight is 156 g/mol. The zero-order chi connectivity index (χ0) is 8.81. The van der Waals surface area contributed by atoms with E-state index in [0.717, 1.165) is 0 Å². The molecule has 6 nitrogen and oxygen atoms in total. The molecule has 0 aromatic rings. The molecule has 1 rings (SSSR count). The SMILES string of the molecule is NC1=C(N)C(N)(N)C(N)=C1N. The third kappa shape index (κ3) is 0.733. The van der Waals surface area contributed by atoms with Gasteiger partial charge in [0.25, 0.3) is 0 Å². The van der Waals surface area contributed by atoms with Gasteiger partial charge in [0.1, 0.15) is 5.66 Å². The highest BCUT2D eigenvalue weighted by atomic mass is 15.1. The van der Waals surface area contributed by atoms with Gasteiger partial charge in [-0.3, -0.25) is 0 Å². The first kappa shape index (κ1) is 7.70. The van der Waals surface area contributed by atoms with Gasteiger partial charge >= 0.3 is 0 Å². The van der Waals surface area contributed by atoms with E-state index in [9.17, 15) is 0 Å². The molecule has 0 aromatic heterocycles. The topological polar surface area (TPSA) is 156 Å². The molecule has 0 unspecified atom stereocenters. The zero-order valence-electron chi connectivity index (χ0n) is 5.96. The van der Waals surface area contributed by atoms with Crippen molar-refractivity contribution in [2.45, 2.75) is 5.66 Å². The number of hydrogen-bond donors (Lipinski definition) is 6. The summed E-state index contributed by atoms with van der Waals surface area (Å²) in [4.78, 5) is 0. The van der Waals surface area contributed by atoms with E-state index in [4.69, 9.17) is 34.4 Å². The summed E-state index contributed by atoms with van der Waals surface area (Å²) in [6.07, 6.45) is 0. The van der Waals surface area contributed by atoms with Crippen LogP contribution in [-0.4, -0.2) is 5.66 Å². The molecule has 12 N–H and O–H groups in total. The van der Waals surface area contributed by atoms with E-state index in [2.05, 4.69) is 0 Å². The maximum Gasteiger partial charge on any atom is 0.150 e. The Hall–Kier alpha value is -1.40. The van der Waals surface area contributed by atoms with Crippen LogP contribution in [0.3, 0.4) is 0 Å².